The van der Waals surface area contributed by atoms with Crippen LogP contribution in [0.15, 0.2) is 48.5 Å². The van der Waals surface area contributed by atoms with Crippen LogP contribution < -0.4 is 11.1 Å². The van der Waals surface area contributed by atoms with E-state index < -0.39 is 5.41 Å². The third-order valence-electron chi connectivity index (χ3n) is 3.77. The van der Waals surface area contributed by atoms with Gasteiger partial charge in [0.15, 0.2) is 0 Å². The van der Waals surface area contributed by atoms with E-state index in [1.54, 1.807) is 12.1 Å². The third-order valence-corrected chi connectivity index (χ3v) is 4.10. The van der Waals surface area contributed by atoms with E-state index in [1.165, 1.54) is 0 Å². The smallest absolute Gasteiger partial charge is 0.235 e. The zero-order valence-electron chi connectivity index (χ0n) is 10.9. The van der Waals surface area contributed by atoms with Gasteiger partial charge >= 0.3 is 0 Å². The van der Waals surface area contributed by atoms with E-state index in [9.17, 15) is 4.79 Å². The Bertz CT molecular complexity index is 648. The second-order valence-electron chi connectivity index (χ2n) is 5.14. The molecule has 1 fully saturated rings. The highest BCUT2D eigenvalue weighted by Crippen LogP contribution is 2.49. The summed E-state index contributed by atoms with van der Waals surface area (Å²) < 4.78 is 0. The van der Waals surface area contributed by atoms with Gasteiger partial charge in [-0.05, 0) is 42.7 Å². The first-order chi connectivity index (χ1) is 9.62. The Balaban J connectivity index is 1.84. The minimum absolute atomic E-state index is 0.00429. The van der Waals surface area contributed by atoms with Gasteiger partial charge in [-0.1, -0.05) is 35.9 Å². The summed E-state index contributed by atoms with van der Waals surface area (Å²) in [7, 11) is 0. The normalized spacial score (nSPS) is 15.7. The number of hydrogen-bond donors (Lipinski definition) is 2. The Morgan fingerprint density at radius 2 is 1.75 bits per heavy atom. The quantitative estimate of drug-likeness (QED) is 0.847. The fourth-order valence-electron chi connectivity index (χ4n) is 2.38. The minimum atomic E-state index is -0.424. The summed E-state index contributed by atoms with van der Waals surface area (Å²) in [5, 5.41) is 3.47. The summed E-state index contributed by atoms with van der Waals surface area (Å²) in [5.41, 5.74) is 7.64. The second-order valence-corrected chi connectivity index (χ2v) is 5.55. The number of nitrogens with two attached hydrogens (primary N) is 1. The lowest BCUT2D eigenvalue weighted by Gasteiger charge is -2.16. The van der Waals surface area contributed by atoms with Gasteiger partial charge in [0.05, 0.1) is 16.1 Å². The van der Waals surface area contributed by atoms with Crippen molar-refractivity contribution < 1.29 is 4.79 Å². The number of carbonyl (C=O) groups is 1. The van der Waals surface area contributed by atoms with Crippen molar-refractivity contribution in [1.29, 1.82) is 0 Å². The summed E-state index contributed by atoms with van der Waals surface area (Å²) >= 11 is 6.07. The fourth-order valence-corrected chi connectivity index (χ4v) is 2.56. The number of carbonyl (C=O) groups excluding carboxylic acids is 1. The molecule has 0 heterocycles. The summed E-state index contributed by atoms with van der Waals surface area (Å²) in [6.45, 7) is 0. The van der Waals surface area contributed by atoms with Gasteiger partial charge in [0.1, 0.15) is 0 Å². The van der Waals surface area contributed by atoms with E-state index in [-0.39, 0.29) is 5.91 Å². The molecule has 0 atom stereocenters. The molecule has 1 saturated carbocycles. The maximum Gasteiger partial charge on any atom is 0.235 e. The lowest BCUT2D eigenvalue weighted by atomic mass is 9.94. The molecule has 0 aliphatic heterocycles. The highest BCUT2D eigenvalue weighted by Gasteiger charge is 2.51. The van der Waals surface area contributed by atoms with Crippen molar-refractivity contribution in [1.82, 2.24) is 0 Å². The Kier molecular flexibility index (Phi) is 3.14. The number of benzene rings is 2. The van der Waals surface area contributed by atoms with Gasteiger partial charge < -0.3 is 11.1 Å². The number of rotatable bonds is 3. The van der Waals surface area contributed by atoms with Crippen LogP contribution in [0.25, 0.3) is 0 Å². The first kappa shape index (κ1) is 13.0. The first-order valence-electron chi connectivity index (χ1n) is 6.54. The van der Waals surface area contributed by atoms with E-state index >= 15 is 0 Å². The minimum Gasteiger partial charge on any atom is -0.399 e. The van der Waals surface area contributed by atoms with Gasteiger partial charge in [0.2, 0.25) is 5.91 Å². The highest BCUT2D eigenvalue weighted by atomic mass is 35.5. The average Bonchev–Trinajstić information content (AvgIpc) is 3.24. The molecule has 0 unspecified atom stereocenters. The molecule has 0 radical (unpaired) electrons. The number of nitrogen functional groups attached to an aromatic ring is 1. The molecular formula is C16H15ClN2O. The first-order valence-corrected chi connectivity index (χ1v) is 6.92. The molecule has 0 aromatic heterocycles. The maximum atomic E-state index is 12.5. The predicted octanol–water partition coefficient (Wildman–Crippen LogP) is 3.59. The molecule has 0 saturated heterocycles. The Labute approximate surface area is 122 Å². The number of amides is 1. The monoisotopic (exact) mass is 286 g/mol. The van der Waals surface area contributed by atoms with Crippen molar-refractivity contribution in [3.8, 4) is 0 Å². The Morgan fingerprint density at radius 3 is 2.35 bits per heavy atom. The van der Waals surface area contributed by atoms with Crippen LogP contribution in [-0.2, 0) is 10.2 Å². The molecule has 2 aromatic carbocycles. The standard InChI is InChI=1S/C16H15ClN2O/c17-13-3-1-2-4-14(13)19-15(20)16(9-10-16)11-5-7-12(18)8-6-11/h1-8H,9-10,18H2,(H,19,20). The lowest BCUT2D eigenvalue weighted by molar-refractivity contribution is -0.118. The molecule has 20 heavy (non-hydrogen) atoms. The van der Waals surface area contributed by atoms with Crippen LogP contribution in [0.5, 0.6) is 0 Å². The summed E-state index contributed by atoms with van der Waals surface area (Å²) in [4.78, 5) is 12.5. The molecule has 0 spiro atoms. The van der Waals surface area contributed by atoms with Gasteiger partial charge in [-0.2, -0.15) is 0 Å². The topological polar surface area (TPSA) is 55.1 Å². The van der Waals surface area contributed by atoms with Crippen LogP contribution in [0.1, 0.15) is 18.4 Å². The van der Waals surface area contributed by atoms with E-state index in [1.807, 2.05) is 36.4 Å². The molecule has 0 bridgehead atoms. The van der Waals surface area contributed by atoms with Crippen LogP contribution in [0.2, 0.25) is 5.02 Å². The lowest BCUT2D eigenvalue weighted by Crippen LogP contribution is -2.27. The molecule has 3 N–H and O–H groups in total. The van der Waals surface area contributed by atoms with Gasteiger partial charge in [-0.25, -0.2) is 0 Å². The second kappa shape index (κ2) is 4.84. The molecular weight excluding hydrogens is 272 g/mol. The molecule has 2 aromatic rings. The zero-order chi connectivity index (χ0) is 14.2. The van der Waals surface area contributed by atoms with E-state index in [0.717, 1.165) is 18.4 Å². The van der Waals surface area contributed by atoms with Crippen LogP contribution >= 0.6 is 11.6 Å². The van der Waals surface area contributed by atoms with Crippen LogP contribution in [-0.4, -0.2) is 5.91 Å². The fraction of sp³-hybridized carbons (Fsp3) is 0.188. The van der Waals surface area contributed by atoms with Crippen LogP contribution in [0, 0.1) is 0 Å². The Morgan fingerprint density at radius 1 is 1.10 bits per heavy atom. The predicted molar refractivity (Wildman–Crippen MR) is 81.8 cm³/mol. The zero-order valence-corrected chi connectivity index (χ0v) is 11.7. The third kappa shape index (κ3) is 2.25. The number of para-hydroxylation sites is 1. The Hall–Kier alpha value is -2.00. The van der Waals surface area contributed by atoms with Gasteiger partial charge in [-0.15, -0.1) is 0 Å². The van der Waals surface area contributed by atoms with Crippen molar-refractivity contribution in [3.63, 3.8) is 0 Å². The van der Waals surface area contributed by atoms with Crippen molar-refractivity contribution in [3.05, 3.63) is 59.1 Å². The number of hydrogen-bond acceptors (Lipinski definition) is 2. The molecule has 1 aliphatic carbocycles. The summed E-state index contributed by atoms with van der Waals surface area (Å²) in [6, 6.07) is 14.8. The molecule has 1 amide bonds. The molecule has 3 rings (SSSR count). The molecule has 4 heteroatoms. The van der Waals surface area contributed by atoms with Gasteiger partial charge in [0.25, 0.3) is 0 Å². The van der Waals surface area contributed by atoms with Crippen molar-refractivity contribution >= 4 is 28.9 Å². The van der Waals surface area contributed by atoms with Crippen molar-refractivity contribution in [2.45, 2.75) is 18.3 Å². The van der Waals surface area contributed by atoms with Crippen molar-refractivity contribution in [2.24, 2.45) is 0 Å². The number of nitrogens with one attached hydrogen (secondary N) is 1. The van der Waals surface area contributed by atoms with E-state index in [2.05, 4.69) is 5.32 Å². The highest BCUT2D eigenvalue weighted by molar-refractivity contribution is 6.33. The molecule has 102 valence electrons. The van der Waals surface area contributed by atoms with Gasteiger partial charge in [0, 0.05) is 5.69 Å². The average molecular weight is 287 g/mol. The summed E-state index contributed by atoms with van der Waals surface area (Å²) in [5.74, 6) is -0.00429. The summed E-state index contributed by atoms with van der Waals surface area (Å²) in [6.07, 6.45) is 1.71. The van der Waals surface area contributed by atoms with E-state index in [0.29, 0.717) is 16.4 Å². The van der Waals surface area contributed by atoms with Crippen LogP contribution in [0.4, 0.5) is 11.4 Å². The van der Waals surface area contributed by atoms with E-state index in [4.69, 9.17) is 17.3 Å². The maximum absolute atomic E-state index is 12.5. The number of halogens is 1. The van der Waals surface area contributed by atoms with Gasteiger partial charge in [-0.3, -0.25) is 4.79 Å². The SMILES string of the molecule is Nc1ccc(C2(C(=O)Nc3ccccc3Cl)CC2)cc1. The largest absolute Gasteiger partial charge is 0.399 e. The molecule has 3 nitrogen and oxygen atoms in total. The molecule has 1 aliphatic rings. The number of anilines is 2. The van der Waals surface area contributed by atoms with Crippen molar-refractivity contribution in [2.75, 3.05) is 11.1 Å². The van der Waals surface area contributed by atoms with Crippen LogP contribution in [0.3, 0.4) is 0 Å².